The zero-order valence-corrected chi connectivity index (χ0v) is 16.3. The highest BCUT2D eigenvalue weighted by atomic mass is 35.5. The molecule has 2 aromatic rings. The Balaban J connectivity index is 2.09. The van der Waals surface area contributed by atoms with Crippen LogP contribution in [0.5, 0.6) is 0 Å². The van der Waals surface area contributed by atoms with Gasteiger partial charge in [0.05, 0.1) is 11.3 Å². The average Bonchev–Trinajstić information content (AvgIpc) is 2.59. The topological polar surface area (TPSA) is 55.4 Å². The normalized spacial score (nSPS) is 14.7. The lowest BCUT2D eigenvalue weighted by atomic mass is 9.96. The van der Waals surface area contributed by atoms with Crippen molar-refractivity contribution in [3.05, 3.63) is 70.2 Å². The van der Waals surface area contributed by atoms with E-state index < -0.39 is 33.1 Å². The third-order valence-electron chi connectivity index (χ3n) is 4.15. The van der Waals surface area contributed by atoms with Gasteiger partial charge in [-0.15, -0.1) is 0 Å². The Hall–Kier alpha value is -1.61. The number of nitrogens with one attached hydrogen (secondary N) is 1. The van der Waals surface area contributed by atoms with Gasteiger partial charge in [0.2, 0.25) is 10.0 Å². The zero-order valence-electron chi connectivity index (χ0n) is 14.7. The highest BCUT2D eigenvalue weighted by molar-refractivity contribution is 7.88. The summed E-state index contributed by atoms with van der Waals surface area (Å²) in [5.74, 6) is -0.444. The predicted molar refractivity (Wildman–Crippen MR) is 97.9 cm³/mol. The molecule has 0 aromatic heterocycles. The summed E-state index contributed by atoms with van der Waals surface area (Å²) >= 11 is 5.98. The van der Waals surface area contributed by atoms with Crippen LogP contribution >= 0.6 is 11.6 Å². The minimum absolute atomic E-state index is 0.0627. The summed E-state index contributed by atoms with van der Waals surface area (Å²) in [6.45, 7) is 1.64. The highest BCUT2D eigenvalue weighted by Gasteiger charge is 2.31. The zero-order chi connectivity index (χ0) is 20.3. The number of halogens is 4. The van der Waals surface area contributed by atoms with Gasteiger partial charge in [-0.05, 0) is 42.3 Å². The molecular weight excluding hydrogens is 403 g/mol. The van der Waals surface area contributed by atoms with Crippen molar-refractivity contribution in [3.8, 4) is 0 Å². The van der Waals surface area contributed by atoms with Gasteiger partial charge in [-0.25, -0.2) is 13.1 Å². The monoisotopic (exact) mass is 421 g/mol. The van der Waals surface area contributed by atoms with Gasteiger partial charge in [0.25, 0.3) is 0 Å². The molecule has 1 N–H and O–H groups in total. The van der Waals surface area contributed by atoms with Crippen LogP contribution < -0.4 is 4.72 Å². The van der Waals surface area contributed by atoms with Crippen LogP contribution in [0.2, 0.25) is 5.02 Å². The molecule has 4 nitrogen and oxygen atoms in total. The number of benzene rings is 2. The van der Waals surface area contributed by atoms with Crippen LogP contribution in [0.15, 0.2) is 48.5 Å². The van der Waals surface area contributed by atoms with Gasteiger partial charge in [-0.1, -0.05) is 35.9 Å². The summed E-state index contributed by atoms with van der Waals surface area (Å²) in [4.78, 5) is 0. The molecule has 0 saturated heterocycles. The van der Waals surface area contributed by atoms with E-state index >= 15 is 0 Å². The quantitative estimate of drug-likeness (QED) is 0.723. The minimum Gasteiger partial charge on any atom is -0.372 e. The highest BCUT2D eigenvalue weighted by Crippen LogP contribution is 2.29. The van der Waals surface area contributed by atoms with E-state index in [0.717, 1.165) is 24.3 Å². The van der Waals surface area contributed by atoms with Gasteiger partial charge in [0, 0.05) is 18.7 Å². The molecule has 27 heavy (non-hydrogen) atoms. The SMILES string of the molecule is CO[C@](C)(CNS(=O)(=O)Cc1ccc(C(F)(F)F)cc1)c1cccc(Cl)c1. The number of rotatable bonds is 7. The first kappa shape index (κ1) is 21.7. The molecule has 0 amide bonds. The molecule has 148 valence electrons. The van der Waals surface area contributed by atoms with Crippen LogP contribution in [-0.2, 0) is 32.3 Å². The number of ether oxygens (including phenoxy) is 1. The molecule has 1 atom stereocenters. The van der Waals surface area contributed by atoms with Crippen molar-refractivity contribution in [3.63, 3.8) is 0 Å². The molecule has 0 heterocycles. The molecule has 0 spiro atoms. The van der Waals surface area contributed by atoms with Crippen molar-refractivity contribution in [2.75, 3.05) is 13.7 Å². The maximum atomic E-state index is 12.6. The molecule has 0 fully saturated rings. The number of methoxy groups -OCH3 is 1. The summed E-state index contributed by atoms with van der Waals surface area (Å²) < 4.78 is 70.3. The second-order valence-electron chi connectivity index (χ2n) is 6.22. The first-order chi connectivity index (χ1) is 12.5. The Morgan fingerprint density at radius 2 is 1.70 bits per heavy atom. The van der Waals surface area contributed by atoms with E-state index in [0.29, 0.717) is 10.6 Å². The number of alkyl halides is 3. The van der Waals surface area contributed by atoms with Crippen LogP contribution in [0, 0.1) is 0 Å². The van der Waals surface area contributed by atoms with Gasteiger partial charge in [0.1, 0.15) is 5.60 Å². The largest absolute Gasteiger partial charge is 0.416 e. The summed E-state index contributed by atoms with van der Waals surface area (Å²) in [5, 5.41) is 0.489. The second kappa shape index (κ2) is 8.18. The van der Waals surface area contributed by atoms with Gasteiger partial charge in [-0.3, -0.25) is 0 Å². The standard InChI is InChI=1S/C18H19ClF3NO3S/c1-17(26-2,15-4-3-5-16(19)10-15)12-23-27(24,25)11-13-6-8-14(9-7-13)18(20,21)22/h3-10,23H,11-12H2,1-2H3/t17-/m1/s1. The Bertz CT molecular complexity index is 885. The van der Waals surface area contributed by atoms with E-state index in [9.17, 15) is 21.6 Å². The fourth-order valence-corrected chi connectivity index (χ4v) is 3.84. The van der Waals surface area contributed by atoms with Crippen LogP contribution in [0.4, 0.5) is 13.2 Å². The second-order valence-corrected chi connectivity index (χ2v) is 8.46. The van der Waals surface area contributed by atoms with Crippen molar-refractivity contribution >= 4 is 21.6 Å². The Morgan fingerprint density at radius 3 is 2.22 bits per heavy atom. The van der Waals surface area contributed by atoms with Crippen molar-refractivity contribution < 1.29 is 26.3 Å². The number of sulfonamides is 1. The van der Waals surface area contributed by atoms with Crippen LogP contribution in [-0.4, -0.2) is 22.1 Å². The van der Waals surface area contributed by atoms with Gasteiger partial charge >= 0.3 is 6.18 Å². The lowest BCUT2D eigenvalue weighted by molar-refractivity contribution is -0.137. The van der Waals surface area contributed by atoms with Crippen molar-refractivity contribution in [1.29, 1.82) is 0 Å². The molecular formula is C18H19ClF3NO3S. The molecule has 0 aliphatic heterocycles. The minimum atomic E-state index is -4.47. The van der Waals surface area contributed by atoms with E-state index in [1.54, 1.807) is 31.2 Å². The smallest absolute Gasteiger partial charge is 0.372 e. The first-order valence-corrected chi connectivity index (χ1v) is 9.93. The van der Waals surface area contributed by atoms with E-state index in [4.69, 9.17) is 16.3 Å². The average molecular weight is 422 g/mol. The molecule has 0 bridgehead atoms. The maximum absolute atomic E-state index is 12.6. The molecule has 0 aliphatic rings. The Labute approximate surface area is 161 Å². The summed E-state index contributed by atoms with van der Waals surface area (Å²) in [7, 11) is -2.34. The van der Waals surface area contributed by atoms with Crippen LogP contribution in [0.3, 0.4) is 0 Å². The van der Waals surface area contributed by atoms with Crippen molar-refractivity contribution in [2.45, 2.75) is 24.5 Å². The Kier molecular flexibility index (Phi) is 6.57. The summed E-state index contributed by atoms with van der Waals surface area (Å²) in [6.07, 6.45) is -4.47. The third-order valence-corrected chi connectivity index (χ3v) is 5.69. The lowest BCUT2D eigenvalue weighted by Crippen LogP contribution is -2.40. The van der Waals surface area contributed by atoms with E-state index in [1.807, 2.05) is 0 Å². The fraction of sp³-hybridized carbons (Fsp3) is 0.333. The van der Waals surface area contributed by atoms with Gasteiger partial charge in [0.15, 0.2) is 0 Å². The lowest BCUT2D eigenvalue weighted by Gasteiger charge is -2.29. The van der Waals surface area contributed by atoms with E-state index in [1.165, 1.54) is 7.11 Å². The first-order valence-electron chi connectivity index (χ1n) is 7.90. The molecule has 0 unspecified atom stereocenters. The molecule has 9 heteroatoms. The Morgan fingerprint density at radius 1 is 1.07 bits per heavy atom. The molecule has 2 rings (SSSR count). The molecule has 0 saturated carbocycles. The number of hydrogen-bond donors (Lipinski definition) is 1. The van der Waals surface area contributed by atoms with E-state index in [-0.39, 0.29) is 12.1 Å². The van der Waals surface area contributed by atoms with Gasteiger partial charge in [-0.2, -0.15) is 13.2 Å². The molecule has 2 aromatic carbocycles. The maximum Gasteiger partial charge on any atom is 0.416 e. The predicted octanol–water partition coefficient (Wildman–Crippen LogP) is 4.34. The van der Waals surface area contributed by atoms with Gasteiger partial charge < -0.3 is 4.74 Å². The molecule has 0 radical (unpaired) electrons. The van der Waals surface area contributed by atoms with Crippen molar-refractivity contribution in [1.82, 2.24) is 4.72 Å². The summed E-state index contributed by atoms with van der Waals surface area (Å²) in [6, 6.07) is 10.9. The van der Waals surface area contributed by atoms with Crippen LogP contribution in [0.25, 0.3) is 0 Å². The summed E-state index contributed by atoms with van der Waals surface area (Å²) in [5.41, 5.74) is -0.852. The third kappa shape index (κ3) is 5.93. The van der Waals surface area contributed by atoms with E-state index in [2.05, 4.69) is 4.72 Å². The number of hydrogen-bond acceptors (Lipinski definition) is 3. The van der Waals surface area contributed by atoms with Crippen LogP contribution in [0.1, 0.15) is 23.6 Å². The van der Waals surface area contributed by atoms with Crippen molar-refractivity contribution in [2.24, 2.45) is 0 Å². The fourth-order valence-electron chi connectivity index (χ4n) is 2.42. The molecule has 0 aliphatic carbocycles.